The van der Waals surface area contributed by atoms with Gasteiger partial charge in [-0.15, -0.1) is 0 Å². The number of pyridine rings is 1. The van der Waals surface area contributed by atoms with Crippen LogP contribution in [0.5, 0.6) is 0 Å². The van der Waals surface area contributed by atoms with Crippen LogP contribution in [0.25, 0.3) is 22.1 Å². The van der Waals surface area contributed by atoms with E-state index in [0.29, 0.717) is 26.5 Å². The third-order valence-electron chi connectivity index (χ3n) is 6.92. The lowest BCUT2D eigenvalue weighted by Crippen LogP contribution is -2.40. The molecule has 3 heterocycles. The molecule has 0 atom stereocenters. The summed E-state index contributed by atoms with van der Waals surface area (Å²) < 4.78 is 61.6. The minimum Gasteiger partial charge on any atom is -0.443 e. The second kappa shape index (κ2) is 10.2. The van der Waals surface area contributed by atoms with E-state index in [-0.39, 0.29) is 23.1 Å². The first-order valence-electron chi connectivity index (χ1n) is 13.2. The molecule has 214 valence electrons. The molecule has 0 radical (unpaired) electrons. The summed E-state index contributed by atoms with van der Waals surface area (Å²) in [7, 11) is -7.91. The van der Waals surface area contributed by atoms with Gasteiger partial charge >= 0.3 is 6.09 Å². The van der Waals surface area contributed by atoms with Crippen LogP contribution in [0.1, 0.15) is 64.7 Å². The standard InChI is InChI=1S/C27H33N5O6S2/c1-27(2,3)38-26(33)31(39(4,34)35)18-23-29-22-17-28-25-21(24(22)32(23)19-11-7-5-8-12-19)15-16-30(25)40(36,37)20-13-9-6-10-14-20/h6,9-10,13-17,19H,5,7-8,11-12,18H2,1-4H3. The van der Waals surface area contributed by atoms with Gasteiger partial charge in [0.2, 0.25) is 10.0 Å². The summed E-state index contributed by atoms with van der Waals surface area (Å²) in [5.74, 6) is 0.367. The number of nitrogens with zero attached hydrogens (tertiary/aromatic N) is 5. The SMILES string of the molecule is CC(C)(C)OC(=O)N(Cc1nc2cnc3c(ccn3S(=O)(=O)c3ccccc3)c2n1C1CCCCC1)S(C)(=O)=O. The Kier molecular flexibility index (Phi) is 7.15. The van der Waals surface area contributed by atoms with E-state index in [9.17, 15) is 21.6 Å². The molecule has 11 nitrogen and oxygen atoms in total. The van der Waals surface area contributed by atoms with Gasteiger partial charge < -0.3 is 9.30 Å². The lowest BCUT2D eigenvalue weighted by Gasteiger charge is -2.28. The van der Waals surface area contributed by atoms with Crippen LogP contribution in [0, 0.1) is 0 Å². The zero-order chi connectivity index (χ0) is 28.9. The Bertz CT molecular complexity index is 1780. The van der Waals surface area contributed by atoms with Crippen molar-refractivity contribution >= 4 is 48.2 Å². The molecule has 1 aromatic carbocycles. The third kappa shape index (κ3) is 5.31. The summed E-state index contributed by atoms with van der Waals surface area (Å²) in [6.45, 7) is 4.67. The van der Waals surface area contributed by atoms with Gasteiger partial charge in [0.15, 0.2) is 5.65 Å². The highest BCUT2D eigenvalue weighted by atomic mass is 32.2. The number of hydrogen-bond acceptors (Lipinski definition) is 8. The van der Waals surface area contributed by atoms with Crippen molar-refractivity contribution in [2.24, 2.45) is 0 Å². The Morgan fingerprint density at radius 1 is 1.05 bits per heavy atom. The van der Waals surface area contributed by atoms with E-state index in [0.717, 1.165) is 42.3 Å². The van der Waals surface area contributed by atoms with Crippen molar-refractivity contribution in [1.29, 1.82) is 0 Å². The van der Waals surface area contributed by atoms with Gasteiger partial charge in [-0.25, -0.2) is 35.6 Å². The zero-order valence-electron chi connectivity index (χ0n) is 22.9. The molecule has 0 aliphatic heterocycles. The zero-order valence-corrected chi connectivity index (χ0v) is 24.6. The van der Waals surface area contributed by atoms with E-state index in [1.165, 1.54) is 24.5 Å². The number of benzene rings is 1. The molecule has 3 aromatic heterocycles. The number of hydrogen-bond donors (Lipinski definition) is 0. The fourth-order valence-electron chi connectivity index (χ4n) is 5.20. The van der Waals surface area contributed by atoms with Crippen LogP contribution in [0.2, 0.25) is 0 Å². The Hall–Kier alpha value is -3.45. The highest BCUT2D eigenvalue weighted by Crippen LogP contribution is 2.36. The molecule has 0 saturated heterocycles. The van der Waals surface area contributed by atoms with Crippen molar-refractivity contribution in [1.82, 2.24) is 22.8 Å². The number of aromatic nitrogens is 4. The molecule has 0 bridgehead atoms. The van der Waals surface area contributed by atoms with Crippen molar-refractivity contribution in [3.05, 3.63) is 54.6 Å². The van der Waals surface area contributed by atoms with Gasteiger partial charge in [0.25, 0.3) is 10.0 Å². The quantitative estimate of drug-likeness (QED) is 0.313. The lowest BCUT2D eigenvalue weighted by molar-refractivity contribution is 0.0378. The summed E-state index contributed by atoms with van der Waals surface area (Å²) in [5, 5.41) is 0.574. The third-order valence-corrected chi connectivity index (χ3v) is 9.68. The van der Waals surface area contributed by atoms with Crippen molar-refractivity contribution in [3.8, 4) is 0 Å². The highest BCUT2D eigenvalue weighted by molar-refractivity contribution is 7.90. The van der Waals surface area contributed by atoms with Crippen LogP contribution >= 0.6 is 0 Å². The summed E-state index contributed by atoms with van der Waals surface area (Å²) in [6.07, 6.45) is 7.70. The summed E-state index contributed by atoms with van der Waals surface area (Å²) >= 11 is 0. The molecule has 5 rings (SSSR count). The number of fused-ring (bicyclic) bond motifs is 3. The fraction of sp³-hybridized carbons (Fsp3) is 0.444. The molecule has 1 amide bonds. The normalized spacial score (nSPS) is 15.5. The summed E-state index contributed by atoms with van der Waals surface area (Å²) in [5.41, 5.74) is 0.492. The molecule has 1 aliphatic rings. The maximum atomic E-state index is 13.5. The van der Waals surface area contributed by atoms with Crippen molar-refractivity contribution in [3.63, 3.8) is 0 Å². The number of ether oxygens (including phenoxy) is 1. The van der Waals surface area contributed by atoms with Crippen LogP contribution in [-0.2, 0) is 31.3 Å². The molecule has 0 unspecified atom stereocenters. The van der Waals surface area contributed by atoms with E-state index in [1.807, 2.05) is 4.57 Å². The first-order chi connectivity index (χ1) is 18.8. The lowest BCUT2D eigenvalue weighted by atomic mass is 9.95. The highest BCUT2D eigenvalue weighted by Gasteiger charge is 2.33. The Labute approximate surface area is 233 Å². The van der Waals surface area contributed by atoms with Crippen molar-refractivity contribution in [2.45, 2.75) is 76.0 Å². The fourth-order valence-corrected chi connectivity index (χ4v) is 7.18. The minimum atomic E-state index is -4.00. The number of rotatable bonds is 6. The predicted octanol–water partition coefficient (Wildman–Crippen LogP) is 4.82. The van der Waals surface area contributed by atoms with Crippen molar-refractivity contribution in [2.75, 3.05) is 6.26 Å². The second-order valence-corrected chi connectivity index (χ2v) is 14.8. The van der Waals surface area contributed by atoms with Crippen LogP contribution in [-0.4, -0.2) is 57.6 Å². The molecular formula is C27H33N5O6S2. The first kappa shape index (κ1) is 28.1. The van der Waals surface area contributed by atoms with E-state index in [4.69, 9.17) is 9.72 Å². The molecule has 1 saturated carbocycles. The molecule has 1 aliphatic carbocycles. The number of sulfonamides is 1. The van der Waals surface area contributed by atoms with Gasteiger partial charge in [0, 0.05) is 17.6 Å². The maximum absolute atomic E-state index is 13.5. The van der Waals surface area contributed by atoms with E-state index in [2.05, 4.69) is 4.98 Å². The maximum Gasteiger partial charge on any atom is 0.424 e. The summed E-state index contributed by atoms with van der Waals surface area (Å²) in [4.78, 5) is 22.3. The van der Waals surface area contributed by atoms with E-state index in [1.54, 1.807) is 45.0 Å². The van der Waals surface area contributed by atoms with E-state index < -0.39 is 31.7 Å². The van der Waals surface area contributed by atoms with Crippen LogP contribution < -0.4 is 0 Å². The van der Waals surface area contributed by atoms with Crippen LogP contribution in [0.4, 0.5) is 4.79 Å². The van der Waals surface area contributed by atoms with Gasteiger partial charge in [-0.1, -0.05) is 37.5 Å². The Morgan fingerprint density at radius 3 is 2.35 bits per heavy atom. The predicted molar refractivity (Wildman–Crippen MR) is 151 cm³/mol. The smallest absolute Gasteiger partial charge is 0.424 e. The number of imidazole rings is 1. The molecule has 13 heteroatoms. The molecule has 0 spiro atoms. The molecule has 40 heavy (non-hydrogen) atoms. The average Bonchev–Trinajstić information content (AvgIpc) is 3.48. The van der Waals surface area contributed by atoms with Gasteiger partial charge in [0.05, 0.1) is 29.4 Å². The summed E-state index contributed by atoms with van der Waals surface area (Å²) in [6, 6.07) is 9.81. The molecule has 4 aromatic rings. The molecule has 1 fully saturated rings. The molecular weight excluding hydrogens is 554 g/mol. The molecule has 0 N–H and O–H groups in total. The number of carbonyl (C=O) groups excluding carboxylic acids is 1. The van der Waals surface area contributed by atoms with Gasteiger partial charge in [-0.3, -0.25) is 0 Å². The van der Waals surface area contributed by atoms with E-state index >= 15 is 0 Å². The van der Waals surface area contributed by atoms with Gasteiger partial charge in [-0.05, 0) is 51.8 Å². The monoisotopic (exact) mass is 587 g/mol. The Balaban J connectivity index is 1.69. The van der Waals surface area contributed by atoms with Crippen LogP contribution in [0.3, 0.4) is 0 Å². The minimum absolute atomic E-state index is 0.00604. The van der Waals surface area contributed by atoms with Crippen molar-refractivity contribution < 1.29 is 26.4 Å². The Morgan fingerprint density at radius 2 is 1.73 bits per heavy atom. The average molecular weight is 588 g/mol. The number of carbonyl (C=O) groups is 1. The van der Waals surface area contributed by atoms with Gasteiger partial charge in [0.1, 0.15) is 16.9 Å². The largest absolute Gasteiger partial charge is 0.443 e. The second-order valence-electron chi connectivity index (χ2n) is 11.1. The van der Waals surface area contributed by atoms with Gasteiger partial charge in [-0.2, -0.15) is 4.31 Å². The number of amides is 1. The van der Waals surface area contributed by atoms with Crippen LogP contribution in [0.15, 0.2) is 53.7 Å². The topological polar surface area (TPSA) is 133 Å². The first-order valence-corrected chi connectivity index (χ1v) is 16.4.